The topological polar surface area (TPSA) is 0 Å². The predicted octanol–water partition coefficient (Wildman–Crippen LogP) is 3.70. The van der Waals surface area contributed by atoms with Crippen molar-refractivity contribution >= 4 is 0 Å². The van der Waals surface area contributed by atoms with Gasteiger partial charge in [0.1, 0.15) is 0 Å². The number of hydrogen-bond acceptors (Lipinski definition) is 0. The van der Waals surface area contributed by atoms with Gasteiger partial charge in [0.2, 0.25) is 0 Å². The predicted molar refractivity (Wildman–Crippen MR) is 53.0 cm³/mol. The van der Waals surface area contributed by atoms with E-state index in [0.29, 0.717) is 10.8 Å². The molecule has 2 aliphatic rings. The first-order valence-electron chi connectivity index (χ1n) is 4.75. The van der Waals surface area contributed by atoms with E-state index in [0.717, 1.165) is 0 Å². The normalized spacial score (nSPS) is 45.5. The van der Waals surface area contributed by atoms with Crippen LogP contribution in [0.4, 0.5) is 0 Å². The second-order valence-corrected chi connectivity index (χ2v) is 4.75. The number of rotatable bonds is 0. The lowest BCUT2D eigenvalue weighted by molar-refractivity contribution is 0.128. The third-order valence-electron chi connectivity index (χ3n) is 5.12. The molecule has 0 heteroatoms. The fourth-order valence-corrected chi connectivity index (χ4v) is 3.44. The minimum Gasteiger partial charge on any atom is -0.0623 e. The molecule has 0 fully saturated rings. The van der Waals surface area contributed by atoms with E-state index >= 15 is 0 Å². The van der Waals surface area contributed by atoms with Gasteiger partial charge in [-0.3, -0.25) is 0 Å². The molecule has 0 heterocycles. The second-order valence-electron chi connectivity index (χ2n) is 4.75. The quantitative estimate of drug-likeness (QED) is 0.476. The molecule has 0 spiro atoms. The Morgan fingerprint density at radius 3 is 0.917 bits per heavy atom. The van der Waals surface area contributed by atoms with Crippen molar-refractivity contribution < 1.29 is 0 Å². The summed E-state index contributed by atoms with van der Waals surface area (Å²) in [5, 5.41) is 0. The molecule has 12 heavy (non-hydrogen) atoms. The molecule has 0 aromatic rings. The highest BCUT2D eigenvalue weighted by molar-refractivity contribution is 5.62. The van der Waals surface area contributed by atoms with E-state index in [1.54, 1.807) is 22.3 Å². The second kappa shape index (κ2) is 1.71. The van der Waals surface area contributed by atoms with Crippen molar-refractivity contribution in [2.75, 3.05) is 0 Å². The largest absolute Gasteiger partial charge is 0.0623 e. The maximum atomic E-state index is 2.39. The van der Waals surface area contributed by atoms with Gasteiger partial charge in [-0.25, -0.2) is 0 Å². The summed E-state index contributed by atoms with van der Waals surface area (Å²) in [4.78, 5) is 0. The van der Waals surface area contributed by atoms with E-state index in [1.807, 2.05) is 0 Å². The van der Waals surface area contributed by atoms with Gasteiger partial charge in [0.05, 0.1) is 0 Å². The molecular formula is C12H18. The van der Waals surface area contributed by atoms with Gasteiger partial charge >= 0.3 is 0 Å². The van der Waals surface area contributed by atoms with E-state index in [2.05, 4.69) is 41.5 Å². The van der Waals surface area contributed by atoms with E-state index in [-0.39, 0.29) is 0 Å². The summed E-state index contributed by atoms with van der Waals surface area (Å²) in [6, 6.07) is 0. The first-order chi connectivity index (χ1) is 5.38. The van der Waals surface area contributed by atoms with Gasteiger partial charge in [-0.15, -0.1) is 0 Å². The highest BCUT2D eigenvalue weighted by Crippen LogP contribution is 2.74. The Balaban J connectivity index is 2.61. The van der Waals surface area contributed by atoms with Crippen LogP contribution in [0.2, 0.25) is 0 Å². The standard InChI is InChI=1S/C12H18/c1-7-8(2)12(6)10(4)9(3)11(7,12)5/h1-6H3. The van der Waals surface area contributed by atoms with Crippen molar-refractivity contribution in [3.8, 4) is 0 Å². The Bertz CT molecular complexity index is 268. The van der Waals surface area contributed by atoms with Crippen LogP contribution >= 0.6 is 0 Å². The first kappa shape index (κ1) is 8.10. The minimum absolute atomic E-state index is 0.418. The SMILES string of the molecule is CC1=C(C)C2(C)C(C)=C(C)C12C. The summed E-state index contributed by atoms with van der Waals surface area (Å²) in [6.07, 6.45) is 0. The fraction of sp³-hybridized carbons (Fsp3) is 0.667. The average molecular weight is 162 g/mol. The van der Waals surface area contributed by atoms with Gasteiger partial charge < -0.3 is 0 Å². The highest BCUT2D eigenvalue weighted by atomic mass is 14.7. The summed E-state index contributed by atoms with van der Waals surface area (Å²) in [5.74, 6) is 0. The van der Waals surface area contributed by atoms with E-state index in [4.69, 9.17) is 0 Å². The van der Waals surface area contributed by atoms with Crippen molar-refractivity contribution in [1.82, 2.24) is 0 Å². The molecule has 0 N–H and O–H groups in total. The summed E-state index contributed by atoms with van der Waals surface area (Å²) in [7, 11) is 0. The fourth-order valence-electron chi connectivity index (χ4n) is 3.44. The number of allylic oxidation sites excluding steroid dienone is 4. The van der Waals surface area contributed by atoms with Gasteiger partial charge in [0.15, 0.2) is 0 Å². The maximum absolute atomic E-state index is 2.39. The molecule has 0 amide bonds. The molecule has 0 aliphatic heterocycles. The van der Waals surface area contributed by atoms with Gasteiger partial charge in [0.25, 0.3) is 0 Å². The highest BCUT2D eigenvalue weighted by Gasteiger charge is 2.64. The molecule has 0 saturated carbocycles. The average Bonchev–Trinajstić information content (AvgIpc) is 2.10. The van der Waals surface area contributed by atoms with Crippen molar-refractivity contribution in [1.29, 1.82) is 0 Å². The van der Waals surface area contributed by atoms with Gasteiger partial charge in [-0.05, 0) is 27.7 Å². The Kier molecular flexibility index (Phi) is 1.15. The van der Waals surface area contributed by atoms with Crippen LogP contribution in [0.5, 0.6) is 0 Å². The van der Waals surface area contributed by atoms with E-state index in [9.17, 15) is 0 Å². The molecule has 66 valence electrons. The lowest BCUT2D eigenvalue weighted by Crippen LogP contribution is -2.57. The smallest absolute Gasteiger partial charge is 0.0220 e. The Morgan fingerprint density at radius 1 is 0.583 bits per heavy atom. The zero-order valence-electron chi connectivity index (χ0n) is 9.00. The maximum Gasteiger partial charge on any atom is 0.0220 e. The third-order valence-corrected chi connectivity index (χ3v) is 5.12. The molecular weight excluding hydrogens is 144 g/mol. The Labute approximate surface area is 75.4 Å². The van der Waals surface area contributed by atoms with Crippen molar-refractivity contribution in [2.45, 2.75) is 41.5 Å². The first-order valence-corrected chi connectivity index (χ1v) is 4.75. The van der Waals surface area contributed by atoms with Crippen molar-refractivity contribution in [3.63, 3.8) is 0 Å². The van der Waals surface area contributed by atoms with E-state index < -0.39 is 0 Å². The molecule has 2 rings (SSSR count). The molecule has 2 aliphatic carbocycles. The van der Waals surface area contributed by atoms with Crippen LogP contribution in [-0.2, 0) is 0 Å². The van der Waals surface area contributed by atoms with Crippen LogP contribution in [0.3, 0.4) is 0 Å². The molecule has 0 aromatic heterocycles. The van der Waals surface area contributed by atoms with Crippen LogP contribution < -0.4 is 0 Å². The summed E-state index contributed by atoms with van der Waals surface area (Å²) in [6.45, 7) is 13.9. The monoisotopic (exact) mass is 162 g/mol. The van der Waals surface area contributed by atoms with Crippen molar-refractivity contribution in [3.05, 3.63) is 22.3 Å². The summed E-state index contributed by atoms with van der Waals surface area (Å²) < 4.78 is 0. The Hall–Kier alpha value is -0.520. The van der Waals surface area contributed by atoms with Crippen LogP contribution in [0.25, 0.3) is 0 Å². The zero-order valence-corrected chi connectivity index (χ0v) is 9.00. The van der Waals surface area contributed by atoms with Crippen molar-refractivity contribution in [2.24, 2.45) is 10.8 Å². The number of hydrogen-bond donors (Lipinski definition) is 0. The molecule has 0 radical (unpaired) electrons. The zero-order chi connectivity index (χ0) is 9.31. The number of fused-ring (bicyclic) bond motifs is 1. The van der Waals surface area contributed by atoms with Crippen LogP contribution in [0.15, 0.2) is 22.3 Å². The molecule has 0 saturated heterocycles. The molecule has 0 nitrogen and oxygen atoms in total. The van der Waals surface area contributed by atoms with Crippen LogP contribution in [0, 0.1) is 10.8 Å². The van der Waals surface area contributed by atoms with E-state index in [1.165, 1.54) is 0 Å². The van der Waals surface area contributed by atoms with Crippen LogP contribution in [-0.4, -0.2) is 0 Å². The summed E-state index contributed by atoms with van der Waals surface area (Å²) >= 11 is 0. The minimum atomic E-state index is 0.418. The third kappa shape index (κ3) is 0.416. The lowest BCUT2D eigenvalue weighted by Gasteiger charge is -2.67. The van der Waals surface area contributed by atoms with Crippen LogP contribution in [0.1, 0.15) is 41.5 Å². The lowest BCUT2D eigenvalue weighted by atomic mass is 9.36. The molecule has 0 unspecified atom stereocenters. The summed E-state index contributed by atoms with van der Waals surface area (Å²) in [5.41, 5.74) is 7.25. The van der Waals surface area contributed by atoms with Gasteiger partial charge in [-0.1, -0.05) is 36.1 Å². The van der Waals surface area contributed by atoms with Gasteiger partial charge in [-0.2, -0.15) is 0 Å². The van der Waals surface area contributed by atoms with Gasteiger partial charge in [0, 0.05) is 10.8 Å². The molecule has 0 aromatic carbocycles. The molecule has 0 bridgehead atoms. The Morgan fingerprint density at radius 2 is 0.750 bits per heavy atom. The molecule has 0 atom stereocenters.